The molecule has 18 heavy (non-hydrogen) atoms. The molecule has 1 heterocycles. The molecule has 0 fully saturated rings. The van der Waals surface area contributed by atoms with E-state index in [4.69, 9.17) is 0 Å². The van der Waals surface area contributed by atoms with E-state index in [9.17, 15) is 8.42 Å². The summed E-state index contributed by atoms with van der Waals surface area (Å²) >= 11 is 0. The van der Waals surface area contributed by atoms with Crippen LogP contribution in [0, 0.1) is 0 Å². The van der Waals surface area contributed by atoms with Gasteiger partial charge in [0.15, 0.2) is 0 Å². The molecule has 0 unspecified atom stereocenters. The molecular formula is C11H14N4O2S. The Kier molecular flexibility index (Phi) is 3.33. The summed E-state index contributed by atoms with van der Waals surface area (Å²) in [5, 5.41) is 6.93. The Morgan fingerprint density at radius 2 is 1.89 bits per heavy atom. The molecule has 0 spiro atoms. The predicted octanol–water partition coefficient (Wildman–Crippen LogP) is 1.42. The summed E-state index contributed by atoms with van der Waals surface area (Å²) in [6.45, 7) is 3.26. The van der Waals surface area contributed by atoms with Crippen molar-refractivity contribution in [2.75, 3.05) is 4.72 Å². The van der Waals surface area contributed by atoms with Crippen LogP contribution in [0.15, 0.2) is 36.9 Å². The minimum Gasteiger partial charge on any atom is -0.288 e. The molecule has 0 radical (unpaired) electrons. The second-order valence-electron chi connectivity index (χ2n) is 4.12. The fourth-order valence-corrected chi connectivity index (χ4v) is 2.04. The van der Waals surface area contributed by atoms with Gasteiger partial charge in [0.2, 0.25) is 10.0 Å². The van der Waals surface area contributed by atoms with Crippen molar-refractivity contribution >= 4 is 15.7 Å². The van der Waals surface area contributed by atoms with E-state index < -0.39 is 15.3 Å². The molecule has 7 heteroatoms. The van der Waals surface area contributed by atoms with Gasteiger partial charge in [0, 0.05) is 0 Å². The highest BCUT2D eigenvalue weighted by molar-refractivity contribution is 7.93. The average Bonchev–Trinajstić information content (AvgIpc) is 2.82. The van der Waals surface area contributed by atoms with Gasteiger partial charge < -0.3 is 0 Å². The third kappa shape index (κ3) is 2.67. The summed E-state index contributed by atoms with van der Waals surface area (Å²) in [4.78, 5) is 0. The number of rotatable bonds is 4. The lowest BCUT2D eigenvalue weighted by Gasteiger charge is -2.11. The van der Waals surface area contributed by atoms with E-state index in [1.165, 1.54) is 0 Å². The van der Waals surface area contributed by atoms with E-state index in [1.807, 2.05) is 6.07 Å². The van der Waals surface area contributed by atoms with E-state index in [2.05, 4.69) is 14.9 Å². The number of sulfonamides is 1. The van der Waals surface area contributed by atoms with Gasteiger partial charge in [-0.3, -0.25) is 9.29 Å². The number of hydrogen-bond acceptors (Lipinski definition) is 4. The zero-order chi connectivity index (χ0) is 13.2. The van der Waals surface area contributed by atoms with Gasteiger partial charge >= 0.3 is 0 Å². The summed E-state index contributed by atoms with van der Waals surface area (Å²) < 4.78 is 27.7. The minimum atomic E-state index is -3.33. The van der Waals surface area contributed by atoms with Crippen molar-refractivity contribution in [3.05, 3.63) is 36.9 Å². The molecule has 0 aliphatic rings. The molecule has 0 amide bonds. The highest BCUT2D eigenvalue weighted by Gasteiger charge is 2.15. The van der Waals surface area contributed by atoms with Crippen molar-refractivity contribution in [2.45, 2.75) is 19.1 Å². The Morgan fingerprint density at radius 1 is 1.22 bits per heavy atom. The van der Waals surface area contributed by atoms with Crippen LogP contribution in [-0.4, -0.2) is 28.4 Å². The summed E-state index contributed by atoms with van der Waals surface area (Å²) in [6, 6.07) is 7.04. The Hall–Kier alpha value is -1.89. The monoisotopic (exact) mass is 266 g/mol. The zero-order valence-corrected chi connectivity index (χ0v) is 10.9. The van der Waals surface area contributed by atoms with E-state index in [-0.39, 0.29) is 0 Å². The maximum Gasteiger partial charge on any atom is 0.235 e. The van der Waals surface area contributed by atoms with Crippen LogP contribution < -0.4 is 4.72 Å². The highest BCUT2D eigenvalue weighted by Crippen LogP contribution is 2.16. The van der Waals surface area contributed by atoms with Crippen LogP contribution >= 0.6 is 0 Å². The minimum absolute atomic E-state index is 0.476. The first-order valence-electron chi connectivity index (χ1n) is 5.46. The fourth-order valence-electron chi connectivity index (χ4n) is 1.35. The smallest absolute Gasteiger partial charge is 0.235 e. The van der Waals surface area contributed by atoms with Crippen molar-refractivity contribution < 1.29 is 8.42 Å². The van der Waals surface area contributed by atoms with Gasteiger partial charge in [0.1, 0.15) is 12.7 Å². The summed E-state index contributed by atoms with van der Waals surface area (Å²) in [5.74, 6) is 0. The number of nitrogens with zero attached hydrogens (tertiary/aromatic N) is 3. The molecule has 0 saturated carbocycles. The van der Waals surface area contributed by atoms with Crippen molar-refractivity contribution in [3.63, 3.8) is 0 Å². The Bertz CT molecular complexity index is 620. The third-order valence-corrected chi connectivity index (χ3v) is 4.21. The standard InChI is InChI=1S/C11H14N4O2S/c1-9(2)18(16,17)14-10-4-3-5-11(6-10)15-7-12-13-8-15/h3-9,14H,1-2H3. The van der Waals surface area contributed by atoms with Gasteiger partial charge in [0.25, 0.3) is 0 Å². The second-order valence-corrected chi connectivity index (χ2v) is 6.35. The van der Waals surface area contributed by atoms with Crippen LogP contribution in [0.4, 0.5) is 5.69 Å². The molecule has 1 N–H and O–H groups in total. The van der Waals surface area contributed by atoms with E-state index in [0.717, 1.165) is 5.69 Å². The number of hydrogen-bond donors (Lipinski definition) is 1. The highest BCUT2D eigenvalue weighted by atomic mass is 32.2. The van der Waals surface area contributed by atoms with Crippen molar-refractivity contribution in [3.8, 4) is 5.69 Å². The number of aromatic nitrogens is 3. The van der Waals surface area contributed by atoms with Crippen molar-refractivity contribution in [1.29, 1.82) is 0 Å². The molecule has 0 saturated heterocycles. The van der Waals surface area contributed by atoms with Crippen LogP contribution in [-0.2, 0) is 10.0 Å². The first-order valence-corrected chi connectivity index (χ1v) is 7.00. The topological polar surface area (TPSA) is 76.9 Å². The number of nitrogens with one attached hydrogen (secondary N) is 1. The zero-order valence-electron chi connectivity index (χ0n) is 10.1. The first-order chi connectivity index (χ1) is 8.49. The maximum absolute atomic E-state index is 11.8. The van der Waals surface area contributed by atoms with Gasteiger partial charge in [-0.1, -0.05) is 6.07 Å². The van der Waals surface area contributed by atoms with Gasteiger partial charge in [-0.05, 0) is 32.0 Å². The van der Waals surface area contributed by atoms with Gasteiger partial charge in [0.05, 0.1) is 16.6 Å². The molecule has 1 aromatic carbocycles. The maximum atomic E-state index is 11.8. The van der Waals surface area contributed by atoms with Crippen LogP contribution in [0.3, 0.4) is 0 Å². The van der Waals surface area contributed by atoms with Crippen LogP contribution in [0.1, 0.15) is 13.8 Å². The predicted molar refractivity (Wildman–Crippen MR) is 69.0 cm³/mol. The van der Waals surface area contributed by atoms with Gasteiger partial charge in [-0.2, -0.15) is 0 Å². The second kappa shape index (κ2) is 4.77. The molecule has 0 aliphatic carbocycles. The van der Waals surface area contributed by atoms with Crippen molar-refractivity contribution in [2.24, 2.45) is 0 Å². The Balaban J connectivity index is 2.29. The lowest BCUT2D eigenvalue weighted by molar-refractivity contribution is 0.593. The fraction of sp³-hybridized carbons (Fsp3) is 0.273. The Morgan fingerprint density at radius 3 is 2.50 bits per heavy atom. The van der Waals surface area contributed by atoms with E-state index >= 15 is 0 Å². The molecule has 2 aromatic rings. The molecule has 0 bridgehead atoms. The SMILES string of the molecule is CC(C)S(=O)(=O)Nc1cccc(-n2cnnc2)c1. The van der Waals surface area contributed by atoms with Crippen LogP contribution in [0.25, 0.3) is 5.69 Å². The molecular weight excluding hydrogens is 252 g/mol. The third-order valence-electron chi connectivity index (χ3n) is 2.44. The normalized spacial score (nSPS) is 11.7. The quantitative estimate of drug-likeness (QED) is 0.907. The van der Waals surface area contributed by atoms with Gasteiger partial charge in [-0.25, -0.2) is 8.42 Å². The summed E-state index contributed by atoms with van der Waals surface area (Å²) in [7, 11) is -3.33. The number of benzene rings is 1. The Labute approximate surface area is 106 Å². The largest absolute Gasteiger partial charge is 0.288 e. The van der Waals surface area contributed by atoms with Crippen LogP contribution in [0.2, 0.25) is 0 Å². The number of anilines is 1. The van der Waals surface area contributed by atoms with Crippen LogP contribution in [0.5, 0.6) is 0 Å². The van der Waals surface area contributed by atoms with E-state index in [0.29, 0.717) is 5.69 Å². The molecule has 2 rings (SSSR count). The first kappa shape index (κ1) is 12.6. The van der Waals surface area contributed by atoms with Crippen molar-refractivity contribution in [1.82, 2.24) is 14.8 Å². The van der Waals surface area contributed by atoms with Gasteiger partial charge in [-0.15, -0.1) is 10.2 Å². The molecule has 0 atom stereocenters. The molecule has 1 aromatic heterocycles. The molecule has 96 valence electrons. The summed E-state index contributed by atoms with van der Waals surface area (Å²) in [6.07, 6.45) is 3.10. The lowest BCUT2D eigenvalue weighted by Crippen LogP contribution is -2.22. The van der Waals surface area contributed by atoms with E-state index in [1.54, 1.807) is 49.3 Å². The lowest BCUT2D eigenvalue weighted by atomic mass is 10.3. The summed E-state index contributed by atoms with van der Waals surface area (Å²) in [5.41, 5.74) is 1.32. The molecule has 6 nitrogen and oxygen atoms in total. The molecule has 0 aliphatic heterocycles. The average molecular weight is 266 g/mol.